The second-order valence-electron chi connectivity index (χ2n) is 7.45. The lowest BCUT2D eigenvalue weighted by molar-refractivity contribution is 0.0697. The molecule has 2 heterocycles. The van der Waals surface area contributed by atoms with Crippen molar-refractivity contribution in [2.24, 2.45) is 5.92 Å². The van der Waals surface area contributed by atoms with Crippen molar-refractivity contribution >= 4 is 17.4 Å². The van der Waals surface area contributed by atoms with Crippen molar-refractivity contribution in [3.8, 4) is 11.4 Å². The highest BCUT2D eigenvalue weighted by molar-refractivity contribution is 5.95. The van der Waals surface area contributed by atoms with Gasteiger partial charge in [-0.15, -0.1) is 0 Å². The number of carbonyl (C=O) groups is 1. The Labute approximate surface area is 169 Å². The van der Waals surface area contributed by atoms with Gasteiger partial charge in [-0.05, 0) is 67.3 Å². The number of halogens is 1. The molecular formula is C23H23FN4O. The number of likely N-dealkylation sites (tertiary alicyclic amines) is 1. The Hall–Kier alpha value is -3.28. The van der Waals surface area contributed by atoms with Gasteiger partial charge in [-0.2, -0.15) is 0 Å². The molecule has 1 N–H and O–H groups in total. The van der Waals surface area contributed by atoms with Crippen LogP contribution in [0, 0.1) is 11.7 Å². The highest BCUT2D eigenvalue weighted by Crippen LogP contribution is 2.22. The minimum atomic E-state index is -0.298. The molecular weight excluding hydrogens is 367 g/mol. The topological polar surface area (TPSA) is 58.1 Å². The van der Waals surface area contributed by atoms with E-state index in [0.717, 1.165) is 37.2 Å². The first-order chi connectivity index (χ1) is 14.1. The molecule has 0 bridgehead atoms. The lowest BCUT2D eigenvalue weighted by Gasteiger charge is -2.30. The molecule has 1 amide bonds. The fourth-order valence-electron chi connectivity index (χ4n) is 3.44. The van der Waals surface area contributed by atoms with Crippen molar-refractivity contribution in [1.29, 1.82) is 0 Å². The number of amides is 1. The number of aromatic nitrogens is 2. The van der Waals surface area contributed by atoms with E-state index in [1.54, 1.807) is 24.4 Å². The van der Waals surface area contributed by atoms with Gasteiger partial charge in [0.1, 0.15) is 11.6 Å². The van der Waals surface area contributed by atoms with Gasteiger partial charge >= 0.3 is 0 Å². The number of nitrogens with one attached hydrogen (secondary N) is 1. The van der Waals surface area contributed by atoms with Crippen LogP contribution in [-0.2, 0) is 0 Å². The Balaban J connectivity index is 1.50. The van der Waals surface area contributed by atoms with Crippen LogP contribution in [0.5, 0.6) is 0 Å². The average Bonchev–Trinajstić information content (AvgIpc) is 2.75. The van der Waals surface area contributed by atoms with Gasteiger partial charge in [0.25, 0.3) is 5.91 Å². The third-order valence-electron chi connectivity index (χ3n) is 5.21. The van der Waals surface area contributed by atoms with E-state index in [1.807, 2.05) is 29.2 Å². The van der Waals surface area contributed by atoms with Crippen molar-refractivity contribution in [3.05, 3.63) is 72.2 Å². The Morgan fingerprint density at radius 3 is 2.62 bits per heavy atom. The molecule has 4 rings (SSSR count). The van der Waals surface area contributed by atoms with Crippen LogP contribution in [0.2, 0.25) is 0 Å². The summed E-state index contributed by atoms with van der Waals surface area (Å²) in [6.45, 7) is 3.85. The second-order valence-corrected chi connectivity index (χ2v) is 7.45. The maximum Gasteiger partial charge on any atom is 0.253 e. The van der Waals surface area contributed by atoms with E-state index >= 15 is 0 Å². The summed E-state index contributed by atoms with van der Waals surface area (Å²) in [7, 11) is 0. The van der Waals surface area contributed by atoms with Gasteiger partial charge in [0.15, 0.2) is 5.82 Å². The molecule has 1 aliphatic heterocycles. The number of benzene rings is 2. The van der Waals surface area contributed by atoms with Gasteiger partial charge in [0.05, 0.1) is 0 Å². The number of rotatable bonds is 4. The van der Waals surface area contributed by atoms with Crippen LogP contribution in [0.4, 0.5) is 15.9 Å². The molecule has 1 fully saturated rings. The highest BCUT2D eigenvalue weighted by Gasteiger charge is 2.21. The average molecular weight is 390 g/mol. The molecule has 5 nitrogen and oxygen atoms in total. The van der Waals surface area contributed by atoms with Crippen molar-refractivity contribution in [1.82, 2.24) is 14.9 Å². The summed E-state index contributed by atoms with van der Waals surface area (Å²) in [4.78, 5) is 23.5. The monoisotopic (exact) mass is 390 g/mol. The SMILES string of the molecule is CC1CCN(C(=O)c2cccc(Nc3ccnc(-c4ccc(F)cc4)n3)c2)CC1. The van der Waals surface area contributed by atoms with E-state index in [-0.39, 0.29) is 11.7 Å². The first kappa shape index (κ1) is 19.1. The first-order valence-corrected chi connectivity index (χ1v) is 9.84. The van der Waals surface area contributed by atoms with Crippen LogP contribution in [0.3, 0.4) is 0 Å². The van der Waals surface area contributed by atoms with Crippen LogP contribution >= 0.6 is 0 Å². The smallest absolute Gasteiger partial charge is 0.253 e. The Kier molecular flexibility index (Phi) is 5.51. The summed E-state index contributed by atoms with van der Waals surface area (Å²) in [5, 5.41) is 3.23. The summed E-state index contributed by atoms with van der Waals surface area (Å²) in [6, 6.07) is 15.3. The molecule has 0 atom stereocenters. The van der Waals surface area contributed by atoms with Gasteiger partial charge in [0.2, 0.25) is 0 Å². The molecule has 0 spiro atoms. The predicted octanol–water partition coefficient (Wildman–Crippen LogP) is 4.90. The van der Waals surface area contributed by atoms with E-state index in [0.29, 0.717) is 23.1 Å². The molecule has 1 aromatic heterocycles. The standard InChI is InChI=1S/C23H23FN4O/c1-16-10-13-28(14-11-16)23(29)18-3-2-4-20(15-18)26-21-9-12-25-22(27-21)17-5-7-19(24)8-6-17/h2-9,12,15-16H,10-11,13-14H2,1H3,(H,25,26,27). The van der Waals surface area contributed by atoms with Crippen LogP contribution < -0.4 is 5.32 Å². The van der Waals surface area contributed by atoms with Crippen molar-refractivity contribution in [2.45, 2.75) is 19.8 Å². The maximum absolute atomic E-state index is 13.1. The Morgan fingerprint density at radius 2 is 1.86 bits per heavy atom. The molecule has 3 aromatic rings. The Morgan fingerprint density at radius 1 is 1.10 bits per heavy atom. The molecule has 29 heavy (non-hydrogen) atoms. The number of hydrogen-bond acceptors (Lipinski definition) is 4. The van der Waals surface area contributed by atoms with Crippen molar-refractivity contribution in [3.63, 3.8) is 0 Å². The van der Waals surface area contributed by atoms with Gasteiger partial charge in [-0.3, -0.25) is 4.79 Å². The molecule has 0 saturated carbocycles. The van der Waals surface area contributed by atoms with E-state index in [9.17, 15) is 9.18 Å². The number of nitrogens with zero attached hydrogens (tertiary/aromatic N) is 3. The van der Waals surface area contributed by atoms with E-state index in [4.69, 9.17) is 0 Å². The maximum atomic E-state index is 13.1. The molecule has 0 radical (unpaired) electrons. The minimum absolute atomic E-state index is 0.0650. The van der Waals surface area contributed by atoms with E-state index < -0.39 is 0 Å². The van der Waals surface area contributed by atoms with Crippen LogP contribution in [0.1, 0.15) is 30.1 Å². The molecule has 1 saturated heterocycles. The summed E-state index contributed by atoms with van der Waals surface area (Å²) in [6.07, 6.45) is 3.76. The third-order valence-corrected chi connectivity index (χ3v) is 5.21. The molecule has 0 aliphatic carbocycles. The quantitative estimate of drug-likeness (QED) is 0.688. The summed E-state index contributed by atoms with van der Waals surface area (Å²) >= 11 is 0. The zero-order chi connectivity index (χ0) is 20.2. The minimum Gasteiger partial charge on any atom is -0.340 e. The number of anilines is 2. The van der Waals surface area contributed by atoms with Crippen molar-refractivity contribution < 1.29 is 9.18 Å². The lowest BCUT2D eigenvalue weighted by atomic mass is 9.98. The number of hydrogen-bond donors (Lipinski definition) is 1. The van der Waals surface area contributed by atoms with E-state index in [1.165, 1.54) is 12.1 Å². The predicted molar refractivity (Wildman–Crippen MR) is 111 cm³/mol. The van der Waals surface area contributed by atoms with Crippen molar-refractivity contribution in [2.75, 3.05) is 18.4 Å². The fraction of sp³-hybridized carbons (Fsp3) is 0.261. The highest BCUT2D eigenvalue weighted by atomic mass is 19.1. The Bertz CT molecular complexity index is 998. The molecule has 1 aliphatic rings. The normalized spacial score (nSPS) is 14.6. The zero-order valence-corrected chi connectivity index (χ0v) is 16.3. The zero-order valence-electron chi connectivity index (χ0n) is 16.3. The van der Waals surface area contributed by atoms with Crippen LogP contribution in [0.15, 0.2) is 60.8 Å². The number of carbonyl (C=O) groups excluding carboxylic acids is 1. The van der Waals surface area contributed by atoms with Gasteiger partial charge in [0, 0.05) is 36.1 Å². The molecule has 148 valence electrons. The second kappa shape index (κ2) is 8.39. The molecule has 6 heteroatoms. The summed E-state index contributed by atoms with van der Waals surface area (Å²) < 4.78 is 13.1. The van der Waals surface area contributed by atoms with Crippen LogP contribution in [-0.4, -0.2) is 33.9 Å². The first-order valence-electron chi connectivity index (χ1n) is 9.84. The van der Waals surface area contributed by atoms with Gasteiger partial charge in [-0.1, -0.05) is 13.0 Å². The molecule has 0 unspecified atom stereocenters. The van der Waals surface area contributed by atoms with E-state index in [2.05, 4.69) is 22.2 Å². The van der Waals surface area contributed by atoms with Gasteiger partial charge in [-0.25, -0.2) is 14.4 Å². The van der Waals surface area contributed by atoms with Crippen LogP contribution in [0.25, 0.3) is 11.4 Å². The summed E-state index contributed by atoms with van der Waals surface area (Å²) in [5.41, 5.74) is 2.18. The summed E-state index contributed by atoms with van der Waals surface area (Å²) in [5.74, 6) is 1.56. The van der Waals surface area contributed by atoms with Gasteiger partial charge < -0.3 is 10.2 Å². The number of piperidine rings is 1. The lowest BCUT2D eigenvalue weighted by Crippen LogP contribution is -2.37. The third kappa shape index (κ3) is 4.59. The molecule has 2 aromatic carbocycles. The fourth-order valence-corrected chi connectivity index (χ4v) is 3.44. The largest absolute Gasteiger partial charge is 0.340 e.